The molecule has 5 rings (SSSR count). The van der Waals surface area contributed by atoms with Crippen molar-refractivity contribution in [2.45, 2.75) is 30.5 Å². The van der Waals surface area contributed by atoms with Crippen LogP contribution in [0.4, 0.5) is 4.39 Å². The Bertz CT molecular complexity index is 1440. The first kappa shape index (κ1) is 22.3. The monoisotopic (exact) mass is 473 g/mol. The normalized spacial score (nSPS) is 15.2. The number of amides is 1. The number of carbonyl (C=O) groups excluding carboxylic acids is 1. The minimum Gasteiger partial charge on any atom is -0.338 e. The van der Waals surface area contributed by atoms with Gasteiger partial charge in [0.25, 0.3) is 5.56 Å². The van der Waals surface area contributed by atoms with Gasteiger partial charge in [-0.25, -0.2) is 9.37 Å². The number of nitrogens with zero attached hydrogens (tertiary/aromatic N) is 3. The minimum atomic E-state index is -0.522. The molecule has 0 N–H and O–H groups in total. The number of benzene rings is 3. The lowest BCUT2D eigenvalue weighted by Crippen LogP contribution is -2.34. The van der Waals surface area contributed by atoms with E-state index in [2.05, 4.69) is 17.1 Å². The molecule has 1 aromatic heterocycles. The van der Waals surface area contributed by atoms with Crippen LogP contribution in [0.15, 0.2) is 82.7 Å². The van der Waals surface area contributed by atoms with E-state index in [-0.39, 0.29) is 28.9 Å². The van der Waals surface area contributed by atoms with E-state index in [1.54, 1.807) is 47.4 Å². The van der Waals surface area contributed by atoms with E-state index in [1.807, 2.05) is 19.2 Å². The van der Waals surface area contributed by atoms with E-state index >= 15 is 0 Å². The van der Waals surface area contributed by atoms with Crippen molar-refractivity contribution in [1.29, 1.82) is 0 Å². The number of carbonyl (C=O) groups is 1. The quantitative estimate of drug-likeness (QED) is 0.297. The maximum atomic E-state index is 14.7. The van der Waals surface area contributed by atoms with Crippen molar-refractivity contribution in [2.24, 2.45) is 0 Å². The van der Waals surface area contributed by atoms with E-state index in [4.69, 9.17) is 0 Å². The van der Waals surface area contributed by atoms with Gasteiger partial charge >= 0.3 is 0 Å². The number of fused-ring (bicyclic) bond motifs is 2. The zero-order valence-corrected chi connectivity index (χ0v) is 19.6. The summed E-state index contributed by atoms with van der Waals surface area (Å²) >= 11 is 1.16. The van der Waals surface area contributed by atoms with Gasteiger partial charge in [-0.3, -0.25) is 14.2 Å². The highest BCUT2D eigenvalue weighted by Crippen LogP contribution is 2.34. The number of rotatable bonds is 5. The first-order chi connectivity index (χ1) is 16.5. The highest BCUT2D eigenvalue weighted by atomic mass is 32.2. The van der Waals surface area contributed by atoms with Crippen molar-refractivity contribution in [2.75, 3.05) is 12.8 Å². The third-order valence-corrected chi connectivity index (χ3v) is 7.29. The van der Waals surface area contributed by atoms with E-state index in [0.29, 0.717) is 16.1 Å². The summed E-state index contributed by atoms with van der Waals surface area (Å²) in [6, 6.07) is 21.4. The Morgan fingerprint density at radius 2 is 1.82 bits per heavy atom. The molecular formula is C27H24FN3O2S. The molecule has 1 aliphatic carbocycles. The molecular weight excluding hydrogens is 449 g/mol. The fraction of sp³-hybridized carbons (Fsp3) is 0.222. The van der Waals surface area contributed by atoms with Gasteiger partial charge in [-0.1, -0.05) is 60.3 Å². The Labute approximate surface area is 201 Å². The highest BCUT2D eigenvalue weighted by Gasteiger charge is 2.27. The minimum absolute atomic E-state index is 0.0244. The third-order valence-electron chi connectivity index (χ3n) is 6.36. The molecule has 5 nitrogen and oxygen atoms in total. The highest BCUT2D eigenvalue weighted by molar-refractivity contribution is 7.99. The predicted octanol–water partition coefficient (Wildman–Crippen LogP) is 5.15. The van der Waals surface area contributed by atoms with Crippen LogP contribution in [0.5, 0.6) is 0 Å². The average molecular weight is 474 g/mol. The third kappa shape index (κ3) is 4.12. The molecule has 1 heterocycles. The average Bonchev–Trinajstić information content (AvgIpc) is 2.87. The maximum absolute atomic E-state index is 14.7. The van der Waals surface area contributed by atoms with Crippen LogP contribution < -0.4 is 5.56 Å². The molecule has 0 radical (unpaired) electrons. The van der Waals surface area contributed by atoms with Crippen LogP contribution in [0, 0.1) is 5.82 Å². The van der Waals surface area contributed by atoms with Gasteiger partial charge in [0.1, 0.15) is 5.82 Å². The second-order valence-electron chi connectivity index (χ2n) is 8.40. The first-order valence-electron chi connectivity index (χ1n) is 11.3. The maximum Gasteiger partial charge on any atom is 0.266 e. The zero-order valence-electron chi connectivity index (χ0n) is 18.8. The topological polar surface area (TPSA) is 55.2 Å². The van der Waals surface area contributed by atoms with Crippen molar-refractivity contribution in [1.82, 2.24) is 14.5 Å². The summed E-state index contributed by atoms with van der Waals surface area (Å²) in [5.74, 6) is -0.492. The number of aryl methyl sites for hydroxylation is 1. The van der Waals surface area contributed by atoms with Crippen LogP contribution >= 0.6 is 11.8 Å². The summed E-state index contributed by atoms with van der Waals surface area (Å²) in [7, 11) is 1.83. The number of thioether (sulfide) groups is 1. The smallest absolute Gasteiger partial charge is 0.266 e. The van der Waals surface area contributed by atoms with E-state index in [9.17, 15) is 14.0 Å². The molecule has 1 aliphatic rings. The summed E-state index contributed by atoms with van der Waals surface area (Å²) in [4.78, 5) is 32.9. The number of halogens is 1. The van der Waals surface area contributed by atoms with Gasteiger partial charge in [-0.05, 0) is 54.7 Å². The van der Waals surface area contributed by atoms with Crippen LogP contribution in [0.3, 0.4) is 0 Å². The van der Waals surface area contributed by atoms with Crippen molar-refractivity contribution < 1.29 is 9.18 Å². The van der Waals surface area contributed by atoms with Crippen molar-refractivity contribution >= 4 is 28.6 Å². The second kappa shape index (κ2) is 9.43. The van der Waals surface area contributed by atoms with Gasteiger partial charge in [-0.15, -0.1) is 0 Å². The molecule has 0 aliphatic heterocycles. The summed E-state index contributed by atoms with van der Waals surface area (Å²) in [5, 5.41) is 0.692. The van der Waals surface area contributed by atoms with Crippen molar-refractivity contribution in [3.63, 3.8) is 0 Å². The Morgan fingerprint density at radius 1 is 1.09 bits per heavy atom. The number of hydrogen-bond donors (Lipinski definition) is 0. The molecule has 0 spiro atoms. The largest absolute Gasteiger partial charge is 0.338 e. The van der Waals surface area contributed by atoms with E-state index < -0.39 is 5.82 Å². The number of aromatic nitrogens is 2. The van der Waals surface area contributed by atoms with E-state index in [1.165, 1.54) is 21.8 Å². The van der Waals surface area contributed by atoms with Gasteiger partial charge < -0.3 is 4.90 Å². The van der Waals surface area contributed by atoms with Gasteiger partial charge in [0.2, 0.25) is 5.91 Å². The summed E-state index contributed by atoms with van der Waals surface area (Å²) < 4.78 is 15.9. The van der Waals surface area contributed by atoms with Crippen LogP contribution in [-0.2, 0) is 11.2 Å². The number of para-hydroxylation sites is 2. The van der Waals surface area contributed by atoms with Crippen LogP contribution in [0.2, 0.25) is 0 Å². The first-order valence-corrected chi connectivity index (χ1v) is 12.3. The molecule has 1 amide bonds. The van der Waals surface area contributed by atoms with Crippen molar-refractivity contribution in [3.8, 4) is 5.69 Å². The van der Waals surface area contributed by atoms with Crippen LogP contribution in [0.25, 0.3) is 16.6 Å². The molecule has 1 unspecified atom stereocenters. The van der Waals surface area contributed by atoms with Gasteiger partial charge in [0, 0.05) is 7.05 Å². The lowest BCUT2D eigenvalue weighted by atomic mass is 9.87. The fourth-order valence-corrected chi connectivity index (χ4v) is 5.52. The molecule has 0 saturated carbocycles. The lowest BCUT2D eigenvalue weighted by Gasteiger charge is -2.33. The Hall–Kier alpha value is -3.45. The molecule has 172 valence electrons. The summed E-state index contributed by atoms with van der Waals surface area (Å²) in [6.07, 6.45) is 2.98. The summed E-state index contributed by atoms with van der Waals surface area (Å²) in [5.41, 5.74) is 2.76. The van der Waals surface area contributed by atoms with Gasteiger partial charge in [0.15, 0.2) is 5.16 Å². The Balaban J connectivity index is 1.46. The molecule has 34 heavy (non-hydrogen) atoms. The van der Waals surface area contributed by atoms with Crippen LogP contribution in [-0.4, -0.2) is 33.2 Å². The molecule has 0 fully saturated rings. The molecule has 4 aromatic rings. The predicted molar refractivity (Wildman–Crippen MR) is 133 cm³/mol. The second-order valence-corrected chi connectivity index (χ2v) is 9.35. The fourth-order valence-electron chi connectivity index (χ4n) is 4.59. The molecule has 0 bridgehead atoms. The standard InChI is InChI=1S/C27H24FN3O2S/c1-30(23-16-8-10-18-9-2-3-11-19(18)23)25(32)17-34-27-29-22-14-6-4-12-20(22)26(33)31(27)24-15-7-5-13-21(24)28/h2-7,9,11-15,23H,8,10,16-17H2,1H3. The Kier molecular flexibility index (Phi) is 6.20. The Morgan fingerprint density at radius 3 is 2.68 bits per heavy atom. The summed E-state index contributed by atoms with van der Waals surface area (Å²) in [6.45, 7) is 0. The lowest BCUT2D eigenvalue weighted by molar-refractivity contribution is -0.129. The van der Waals surface area contributed by atoms with Gasteiger partial charge in [0.05, 0.1) is 28.4 Å². The zero-order chi connectivity index (χ0) is 23.7. The van der Waals surface area contributed by atoms with Crippen LogP contribution in [0.1, 0.15) is 30.0 Å². The molecule has 1 atom stereocenters. The van der Waals surface area contributed by atoms with Gasteiger partial charge in [-0.2, -0.15) is 0 Å². The number of hydrogen-bond acceptors (Lipinski definition) is 4. The molecule has 3 aromatic carbocycles. The molecule has 7 heteroatoms. The van der Waals surface area contributed by atoms with Crippen molar-refractivity contribution in [3.05, 3.63) is 100 Å². The molecule has 0 saturated heterocycles. The SMILES string of the molecule is CN(C(=O)CSc1nc2ccccc2c(=O)n1-c1ccccc1F)C1CCCc2ccccc21. The van der Waals surface area contributed by atoms with E-state index in [0.717, 1.165) is 31.0 Å².